The molecule has 0 saturated carbocycles. The Bertz CT molecular complexity index is 1510. The van der Waals surface area contributed by atoms with Gasteiger partial charge in [0.25, 0.3) is 0 Å². The summed E-state index contributed by atoms with van der Waals surface area (Å²) in [4.78, 5) is 21.1. The maximum Gasteiger partial charge on any atom is 0.245 e. The number of rotatable bonds is 10. The van der Waals surface area contributed by atoms with Gasteiger partial charge in [0.15, 0.2) is 27.2 Å². The zero-order chi connectivity index (χ0) is 27.4. The van der Waals surface area contributed by atoms with Crippen molar-refractivity contribution in [3.05, 3.63) is 53.6 Å². The first-order valence-electron chi connectivity index (χ1n) is 11.3. The molecule has 0 spiro atoms. The highest BCUT2D eigenvalue weighted by atomic mass is 35.5. The topological polar surface area (TPSA) is 157 Å². The van der Waals surface area contributed by atoms with Crippen molar-refractivity contribution in [3.8, 4) is 34.8 Å². The average molecular weight is 561 g/mol. The first kappa shape index (κ1) is 27.1. The molecule has 15 heteroatoms. The summed E-state index contributed by atoms with van der Waals surface area (Å²) in [6, 6.07) is 5.08. The number of halogens is 1. The van der Waals surface area contributed by atoms with Crippen LogP contribution in [0.4, 0.5) is 0 Å². The summed E-state index contributed by atoms with van der Waals surface area (Å²) in [5, 5.41) is 7.98. The molecule has 4 heterocycles. The molecular formula is C23H25ClN8O5S. The third-order valence-corrected chi connectivity index (χ3v) is 8.30. The van der Waals surface area contributed by atoms with Crippen LogP contribution < -0.4 is 14.2 Å². The molecule has 0 aliphatic heterocycles. The van der Waals surface area contributed by atoms with Crippen LogP contribution in [0, 0.1) is 0 Å². The van der Waals surface area contributed by atoms with Gasteiger partial charge in [-0.3, -0.25) is 4.57 Å². The Kier molecular flexibility index (Phi) is 8.02. The van der Waals surface area contributed by atoms with Crippen molar-refractivity contribution >= 4 is 21.4 Å². The number of nitrogens with zero attached hydrogens (tertiary/aromatic N) is 8. The lowest BCUT2D eigenvalue weighted by Crippen LogP contribution is -2.27. The van der Waals surface area contributed by atoms with Crippen LogP contribution in [0.5, 0.6) is 17.6 Å². The van der Waals surface area contributed by atoms with E-state index < -0.39 is 26.8 Å². The molecule has 0 N–H and O–H groups in total. The van der Waals surface area contributed by atoms with Crippen molar-refractivity contribution in [2.75, 3.05) is 21.3 Å². The number of hydrogen-bond donors (Lipinski definition) is 0. The smallest absolute Gasteiger partial charge is 0.245 e. The Hall–Kier alpha value is -3.91. The fourth-order valence-electron chi connectivity index (χ4n) is 3.69. The second kappa shape index (κ2) is 11.2. The second-order valence-corrected chi connectivity index (χ2v) is 10.9. The zero-order valence-corrected chi connectivity index (χ0v) is 22.8. The van der Waals surface area contributed by atoms with Crippen molar-refractivity contribution in [1.82, 2.24) is 39.7 Å². The van der Waals surface area contributed by atoms with Crippen molar-refractivity contribution in [3.63, 3.8) is 0 Å². The van der Waals surface area contributed by atoms with E-state index >= 15 is 0 Å². The number of hydrogen-bond acceptors (Lipinski definition) is 12. The molecule has 4 aromatic heterocycles. The quantitative estimate of drug-likeness (QED) is 0.279. The molecule has 38 heavy (non-hydrogen) atoms. The van der Waals surface area contributed by atoms with Crippen molar-refractivity contribution in [2.24, 2.45) is 0 Å². The van der Waals surface area contributed by atoms with Crippen LogP contribution in [0.25, 0.3) is 17.2 Å². The number of sulfone groups is 1. The van der Waals surface area contributed by atoms with Crippen molar-refractivity contribution < 1.29 is 22.6 Å². The van der Waals surface area contributed by atoms with Gasteiger partial charge in [-0.25, -0.2) is 23.4 Å². The van der Waals surface area contributed by atoms with Crippen molar-refractivity contribution in [1.29, 1.82) is 0 Å². The van der Waals surface area contributed by atoms with Crippen LogP contribution in [0.3, 0.4) is 0 Å². The minimum Gasteiger partial charge on any atom is -0.481 e. The van der Waals surface area contributed by atoms with Gasteiger partial charge in [-0.05, 0) is 13.0 Å². The minimum atomic E-state index is -3.83. The molecule has 0 saturated heterocycles. The lowest BCUT2D eigenvalue weighted by Gasteiger charge is -2.20. The molecule has 0 radical (unpaired) electrons. The van der Waals surface area contributed by atoms with Crippen LogP contribution in [-0.2, 0) is 15.6 Å². The van der Waals surface area contributed by atoms with Gasteiger partial charge < -0.3 is 14.2 Å². The molecule has 200 valence electrons. The normalized spacial score (nSPS) is 13.1. The van der Waals surface area contributed by atoms with Gasteiger partial charge in [0, 0.05) is 24.4 Å². The molecular weight excluding hydrogens is 536 g/mol. The summed E-state index contributed by atoms with van der Waals surface area (Å²) < 4.78 is 44.9. The highest BCUT2D eigenvalue weighted by Gasteiger charge is 2.33. The largest absolute Gasteiger partial charge is 0.481 e. The van der Waals surface area contributed by atoms with E-state index in [1.54, 1.807) is 32.0 Å². The number of ether oxygens (including phenoxy) is 3. The Balaban J connectivity index is 1.84. The minimum absolute atomic E-state index is 0.0760. The molecule has 4 aromatic rings. The third kappa shape index (κ3) is 5.36. The number of aromatic nitrogens is 8. The van der Waals surface area contributed by atoms with E-state index in [-0.39, 0.29) is 29.1 Å². The van der Waals surface area contributed by atoms with E-state index in [4.69, 9.17) is 25.8 Å². The summed E-state index contributed by atoms with van der Waals surface area (Å²) >= 11 is 5.89. The van der Waals surface area contributed by atoms with Crippen LogP contribution in [0.15, 0.2) is 36.9 Å². The predicted molar refractivity (Wildman–Crippen MR) is 137 cm³/mol. The van der Waals surface area contributed by atoms with E-state index in [0.29, 0.717) is 22.4 Å². The maximum atomic E-state index is 13.6. The van der Waals surface area contributed by atoms with E-state index in [9.17, 15) is 8.42 Å². The maximum absolute atomic E-state index is 13.6. The zero-order valence-electron chi connectivity index (χ0n) is 21.2. The summed E-state index contributed by atoms with van der Waals surface area (Å²) in [5.74, 6) is 0.204. The number of methoxy groups -OCH3 is 3. The molecule has 0 aliphatic carbocycles. The van der Waals surface area contributed by atoms with Gasteiger partial charge in [-0.15, -0.1) is 10.2 Å². The van der Waals surface area contributed by atoms with E-state index in [1.807, 2.05) is 0 Å². The van der Waals surface area contributed by atoms with Gasteiger partial charge >= 0.3 is 0 Å². The average Bonchev–Trinajstić information content (AvgIpc) is 3.34. The van der Waals surface area contributed by atoms with Crippen LogP contribution in [-0.4, -0.2) is 74.7 Å². The van der Waals surface area contributed by atoms with Crippen LogP contribution >= 0.6 is 11.6 Å². The lowest BCUT2D eigenvalue weighted by atomic mass is 10.1. The predicted octanol–water partition coefficient (Wildman–Crippen LogP) is 2.70. The molecule has 2 atom stereocenters. The Labute approximate surface area is 224 Å². The van der Waals surface area contributed by atoms with Gasteiger partial charge in [0.05, 0.1) is 31.6 Å². The van der Waals surface area contributed by atoms with Crippen LogP contribution in [0.1, 0.15) is 31.4 Å². The molecule has 4 rings (SSSR count). The highest BCUT2D eigenvalue weighted by molar-refractivity contribution is 7.91. The second-order valence-electron chi connectivity index (χ2n) is 8.14. The third-order valence-electron chi connectivity index (χ3n) is 5.91. The number of pyridine rings is 1. The lowest BCUT2D eigenvalue weighted by molar-refractivity contribution is 0.368. The Morgan fingerprint density at radius 1 is 0.947 bits per heavy atom. The molecule has 0 aromatic carbocycles. The fraction of sp³-hybridized carbons (Fsp3) is 0.348. The summed E-state index contributed by atoms with van der Waals surface area (Å²) in [6.07, 6.45) is 4.12. The highest BCUT2D eigenvalue weighted by Crippen LogP contribution is 2.34. The molecule has 0 bridgehead atoms. The molecule has 0 unspecified atom stereocenters. The first-order chi connectivity index (χ1) is 18.2. The SMILES string of the molecule is COc1cccc(-c2nnc(CS(=O)(=O)[C@@H](C)[C@H](C)c3ncc(Cl)cn3)n2-c2c(OC)ncnc2OC)n1. The summed E-state index contributed by atoms with van der Waals surface area (Å²) in [7, 11) is 0.503. The molecule has 0 amide bonds. The summed E-state index contributed by atoms with van der Waals surface area (Å²) in [5.41, 5.74) is 0.582. The Morgan fingerprint density at radius 3 is 2.21 bits per heavy atom. The molecule has 13 nitrogen and oxygen atoms in total. The van der Waals surface area contributed by atoms with Crippen molar-refractivity contribution in [2.45, 2.75) is 30.8 Å². The first-order valence-corrected chi connectivity index (χ1v) is 13.4. The van der Waals surface area contributed by atoms with E-state index in [1.165, 1.54) is 44.6 Å². The Morgan fingerprint density at radius 2 is 1.61 bits per heavy atom. The van der Waals surface area contributed by atoms with Gasteiger partial charge in [0.1, 0.15) is 23.6 Å². The molecule has 0 aliphatic rings. The van der Waals surface area contributed by atoms with Crippen LogP contribution in [0.2, 0.25) is 5.02 Å². The van der Waals surface area contributed by atoms with E-state index in [0.717, 1.165) is 0 Å². The van der Waals surface area contributed by atoms with Gasteiger partial charge in [-0.2, -0.15) is 9.97 Å². The standard InChI is InChI=1S/C23H25ClN8O5S/c1-13(20-25-9-15(24)10-26-20)14(2)38(33,34)11-17-30-31-21(16-7-6-8-18(29-16)35-3)32(17)19-22(36-4)27-12-28-23(19)37-5/h6-10,12-14H,11H2,1-5H3/t13-,14-/m0/s1. The van der Waals surface area contributed by atoms with Gasteiger partial charge in [0.2, 0.25) is 17.6 Å². The van der Waals surface area contributed by atoms with E-state index in [2.05, 4.69) is 35.1 Å². The van der Waals surface area contributed by atoms with Gasteiger partial charge in [-0.1, -0.05) is 24.6 Å². The summed E-state index contributed by atoms with van der Waals surface area (Å²) in [6.45, 7) is 3.33. The molecule has 0 fully saturated rings. The monoisotopic (exact) mass is 560 g/mol. The fourth-order valence-corrected chi connectivity index (χ4v) is 5.34.